The highest BCUT2D eigenvalue weighted by Crippen LogP contribution is 2.72. The van der Waals surface area contributed by atoms with Crippen molar-refractivity contribution < 1.29 is 24.2 Å². The fourth-order valence-corrected chi connectivity index (χ4v) is 7.98. The summed E-state index contributed by atoms with van der Waals surface area (Å²) < 4.78 is 11.5. The van der Waals surface area contributed by atoms with Gasteiger partial charge in [0.2, 0.25) is 0 Å². The summed E-state index contributed by atoms with van der Waals surface area (Å²) in [7, 11) is 0. The van der Waals surface area contributed by atoms with Gasteiger partial charge in [-0.05, 0) is 55.8 Å². The zero-order valence-electron chi connectivity index (χ0n) is 18.5. The Kier molecular flexibility index (Phi) is 4.73. The monoisotopic (exact) mass is 404 g/mol. The van der Waals surface area contributed by atoms with E-state index in [1.807, 2.05) is 0 Å². The zero-order chi connectivity index (χ0) is 21.2. The Bertz CT molecular complexity index is 746. The van der Waals surface area contributed by atoms with Gasteiger partial charge < -0.3 is 14.6 Å². The number of carbonyl (C=O) groups is 2. The Hall–Kier alpha value is -1.36. The Labute approximate surface area is 174 Å². The van der Waals surface area contributed by atoms with Gasteiger partial charge in [0, 0.05) is 30.1 Å². The van der Waals surface area contributed by atoms with Gasteiger partial charge in [-0.25, -0.2) is 0 Å². The van der Waals surface area contributed by atoms with Crippen molar-refractivity contribution in [2.45, 2.75) is 85.4 Å². The summed E-state index contributed by atoms with van der Waals surface area (Å²) in [6, 6.07) is 0. The molecule has 5 nitrogen and oxygen atoms in total. The third-order valence-electron chi connectivity index (χ3n) is 9.32. The second-order valence-electron chi connectivity index (χ2n) is 11.0. The summed E-state index contributed by atoms with van der Waals surface area (Å²) in [5.74, 6) is 0.176. The molecule has 0 aliphatic heterocycles. The normalized spacial score (nSPS) is 50.4. The molecule has 4 rings (SSSR count). The lowest BCUT2D eigenvalue weighted by atomic mass is 9.39. The van der Waals surface area contributed by atoms with Gasteiger partial charge in [-0.15, -0.1) is 0 Å². The number of aliphatic hydroxyl groups is 1. The summed E-state index contributed by atoms with van der Waals surface area (Å²) in [6.45, 7) is 9.92. The fourth-order valence-electron chi connectivity index (χ4n) is 7.98. The minimum absolute atomic E-state index is 0.0147. The van der Waals surface area contributed by atoms with Crippen LogP contribution in [-0.2, 0) is 19.1 Å². The Balaban J connectivity index is 1.72. The van der Waals surface area contributed by atoms with Crippen molar-refractivity contribution in [2.24, 2.45) is 33.5 Å². The van der Waals surface area contributed by atoms with Crippen molar-refractivity contribution in [3.8, 4) is 0 Å². The van der Waals surface area contributed by atoms with Crippen LogP contribution in [0.3, 0.4) is 0 Å². The van der Waals surface area contributed by atoms with Crippen LogP contribution in [0.25, 0.3) is 0 Å². The highest BCUT2D eigenvalue weighted by molar-refractivity contribution is 5.67. The minimum atomic E-state index is -0.466. The maximum atomic E-state index is 12.0. The summed E-state index contributed by atoms with van der Waals surface area (Å²) in [4.78, 5) is 23.5. The van der Waals surface area contributed by atoms with E-state index >= 15 is 0 Å². The molecule has 3 fully saturated rings. The number of hydrogen-bond acceptors (Lipinski definition) is 5. The van der Waals surface area contributed by atoms with Gasteiger partial charge in [-0.1, -0.05) is 32.9 Å². The van der Waals surface area contributed by atoms with Gasteiger partial charge in [0.05, 0.1) is 12.7 Å². The van der Waals surface area contributed by atoms with Crippen molar-refractivity contribution in [3.63, 3.8) is 0 Å². The van der Waals surface area contributed by atoms with Crippen molar-refractivity contribution in [1.82, 2.24) is 0 Å². The van der Waals surface area contributed by atoms with Gasteiger partial charge >= 0.3 is 11.9 Å². The lowest BCUT2D eigenvalue weighted by Gasteiger charge is -2.66. The van der Waals surface area contributed by atoms with Crippen LogP contribution >= 0.6 is 0 Å². The summed E-state index contributed by atoms with van der Waals surface area (Å²) in [5.41, 5.74) is -0.629. The molecule has 0 aromatic carbocycles. The molecule has 162 valence electrons. The van der Waals surface area contributed by atoms with E-state index in [2.05, 4.69) is 32.9 Å². The van der Waals surface area contributed by atoms with Crippen LogP contribution in [0.15, 0.2) is 12.2 Å². The van der Waals surface area contributed by atoms with Gasteiger partial charge in [-0.3, -0.25) is 9.59 Å². The number of esters is 2. The lowest BCUT2D eigenvalue weighted by Crippen LogP contribution is -2.65. The second kappa shape index (κ2) is 6.57. The molecule has 8 atom stereocenters. The van der Waals surface area contributed by atoms with Crippen molar-refractivity contribution >= 4 is 11.9 Å². The summed E-state index contributed by atoms with van der Waals surface area (Å²) >= 11 is 0. The highest BCUT2D eigenvalue weighted by atomic mass is 16.5. The van der Waals surface area contributed by atoms with Crippen LogP contribution in [0.5, 0.6) is 0 Å². The van der Waals surface area contributed by atoms with Gasteiger partial charge in [0.25, 0.3) is 0 Å². The number of fused-ring (bicyclic) bond motifs is 3. The molecular weight excluding hydrogens is 368 g/mol. The summed E-state index contributed by atoms with van der Waals surface area (Å²) in [6.07, 6.45) is 9.79. The molecule has 1 N–H and O–H groups in total. The maximum Gasteiger partial charge on any atom is 0.302 e. The van der Waals surface area contributed by atoms with E-state index in [4.69, 9.17) is 9.47 Å². The van der Waals surface area contributed by atoms with E-state index in [0.717, 1.165) is 38.5 Å². The standard InChI is InChI=1S/C24H36O5/c1-15(25)28-14-23(5)17-7-11-24-13-12-21(3,20(24)29-16(2)26)9-6-18(24)22(17,4)10-8-19(23)27/h12-13,17-20,27H,6-11,14H2,1-5H3/t17-,18-,19+,20-,21+,22+,23+,24+/m0/s1. The van der Waals surface area contributed by atoms with Crippen molar-refractivity contribution in [2.75, 3.05) is 6.61 Å². The van der Waals surface area contributed by atoms with Crippen LogP contribution in [0, 0.1) is 33.5 Å². The predicted molar refractivity (Wildman–Crippen MR) is 109 cm³/mol. The van der Waals surface area contributed by atoms with E-state index in [1.165, 1.54) is 13.8 Å². The Morgan fingerprint density at radius 2 is 1.66 bits per heavy atom. The molecule has 2 bridgehead atoms. The largest absolute Gasteiger partial charge is 0.465 e. The molecule has 0 aromatic heterocycles. The van der Waals surface area contributed by atoms with Crippen LogP contribution in [0.2, 0.25) is 0 Å². The topological polar surface area (TPSA) is 72.8 Å². The first-order valence-corrected chi connectivity index (χ1v) is 11.2. The van der Waals surface area contributed by atoms with E-state index in [1.54, 1.807) is 0 Å². The molecular formula is C24H36O5. The van der Waals surface area contributed by atoms with Crippen LogP contribution in [0.4, 0.5) is 0 Å². The first-order valence-electron chi connectivity index (χ1n) is 11.2. The molecule has 0 amide bonds. The first-order chi connectivity index (χ1) is 13.5. The van der Waals surface area contributed by atoms with Crippen LogP contribution in [-0.4, -0.2) is 35.9 Å². The third-order valence-corrected chi connectivity index (χ3v) is 9.32. The molecule has 4 aliphatic carbocycles. The molecule has 0 aromatic rings. The predicted octanol–water partition coefficient (Wildman–Crippen LogP) is 4.03. The highest BCUT2D eigenvalue weighted by Gasteiger charge is 2.69. The molecule has 1 spiro atoms. The number of ether oxygens (including phenoxy) is 2. The summed E-state index contributed by atoms with van der Waals surface area (Å²) in [5, 5.41) is 11.0. The molecule has 4 aliphatic rings. The Morgan fingerprint density at radius 1 is 0.966 bits per heavy atom. The smallest absolute Gasteiger partial charge is 0.302 e. The molecule has 0 saturated heterocycles. The minimum Gasteiger partial charge on any atom is -0.465 e. The number of rotatable bonds is 3. The van der Waals surface area contributed by atoms with Crippen LogP contribution in [0.1, 0.15) is 73.1 Å². The molecule has 0 radical (unpaired) electrons. The average Bonchev–Trinajstić information content (AvgIpc) is 2.80. The zero-order valence-corrected chi connectivity index (χ0v) is 18.5. The van der Waals surface area contributed by atoms with Crippen molar-refractivity contribution in [3.05, 3.63) is 12.2 Å². The lowest BCUT2D eigenvalue weighted by molar-refractivity contribution is -0.227. The average molecular weight is 405 g/mol. The van der Waals surface area contributed by atoms with E-state index < -0.39 is 11.5 Å². The SMILES string of the molecule is CC(=O)OC[C@]1(C)[C@H]2CC[C@@]34C=C[C@@](C)(CC[C@H]3[C@]2(C)CC[C@H]1O)[C@@H]4OC(C)=O. The number of carbonyl (C=O) groups excluding carboxylic acids is 2. The second-order valence-corrected chi connectivity index (χ2v) is 11.0. The molecule has 0 unspecified atom stereocenters. The van der Waals surface area contributed by atoms with E-state index in [9.17, 15) is 14.7 Å². The molecule has 0 heterocycles. The van der Waals surface area contributed by atoms with Gasteiger partial charge in [-0.2, -0.15) is 0 Å². The van der Waals surface area contributed by atoms with Crippen LogP contribution < -0.4 is 0 Å². The molecule has 29 heavy (non-hydrogen) atoms. The molecule has 5 heteroatoms. The number of aliphatic hydroxyl groups excluding tert-OH is 1. The third kappa shape index (κ3) is 2.83. The fraction of sp³-hybridized carbons (Fsp3) is 0.833. The van der Waals surface area contributed by atoms with Crippen molar-refractivity contribution in [1.29, 1.82) is 0 Å². The number of hydrogen-bond donors (Lipinski definition) is 1. The first kappa shape index (κ1) is 20.9. The van der Waals surface area contributed by atoms with Gasteiger partial charge in [0.15, 0.2) is 0 Å². The van der Waals surface area contributed by atoms with Gasteiger partial charge in [0.1, 0.15) is 6.10 Å². The Morgan fingerprint density at radius 3 is 2.31 bits per heavy atom. The molecule has 3 saturated carbocycles. The van der Waals surface area contributed by atoms with E-state index in [0.29, 0.717) is 5.92 Å². The van der Waals surface area contributed by atoms with E-state index in [-0.39, 0.29) is 46.8 Å². The maximum absolute atomic E-state index is 12.0. The quantitative estimate of drug-likeness (QED) is 0.568.